The van der Waals surface area contributed by atoms with Gasteiger partial charge in [0.05, 0.1) is 18.8 Å². The predicted molar refractivity (Wildman–Crippen MR) is 364 cm³/mol. The first-order valence-corrected chi connectivity index (χ1v) is 36.7. The first kappa shape index (κ1) is 78.8. The normalized spacial score (nSPS) is 13.1. The van der Waals surface area contributed by atoms with Gasteiger partial charge in [0.1, 0.15) is 0 Å². The molecule has 0 aliphatic rings. The standard InChI is InChI=1S/C77H143NO3/c1-3-5-7-9-11-13-15-17-19-21-23-25-27-29-31-33-34-35-36-37-38-39-40-41-42-43-44-45-47-49-51-53-55-57-59-61-63-65-67-69-71-73-77(81)78-75(74-79)76(80)72-70-68-66-64-62-60-58-56-54-52-50-48-46-32-30-28-26-24-22-20-18-16-14-12-10-8-6-4-2/h5,7,11,13,17,19,23,25,29,31,70,72,75-76,79-80H,3-4,6,8-10,12,14-16,18,20-22,24,26-28,30,32-69,71,73-74H2,1-2H3,(H,78,81)/b7-5-,13-11-,19-17-,25-23-,31-29-,72-70+. The highest BCUT2D eigenvalue weighted by Crippen LogP contribution is 2.19. The van der Waals surface area contributed by atoms with Gasteiger partial charge in [-0.1, -0.05) is 395 Å². The Morgan fingerprint density at radius 1 is 0.309 bits per heavy atom. The fraction of sp³-hybridized carbons (Fsp3) is 0.831. The van der Waals surface area contributed by atoms with E-state index in [-0.39, 0.29) is 12.5 Å². The second kappa shape index (κ2) is 72.1. The van der Waals surface area contributed by atoms with Gasteiger partial charge in [-0.05, 0) is 64.2 Å². The van der Waals surface area contributed by atoms with Crippen LogP contribution < -0.4 is 5.32 Å². The lowest BCUT2D eigenvalue weighted by atomic mass is 10.0. The number of hydrogen-bond donors (Lipinski definition) is 3. The molecule has 3 N–H and O–H groups in total. The highest BCUT2D eigenvalue weighted by Gasteiger charge is 2.18. The van der Waals surface area contributed by atoms with Crippen molar-refractivity contribution in [3.63, 3.8) is 0 Å². The van der Waals surface area contributed by atoms with Crippen molar-refractivity contribution >= 4 is 5.91 Å². The molecule has 0 spiro atoms. The molecular weight excluding hydrogens is 987 g/mol. The fourth-order valence-corrected chi connectivity index (χ4v) is 11.4. The molecule has 0 aliphatic heterocycles. The summed E-state index contributed by atoms with van der Waals surface area (Å²) in [6.07, 6.45) is 104. The number of carbonyl (C=O) groups is 1. The first-order chi connectivity index (χ1) is 40.2. The summed E-state index contributed by atoms with van der Waals surface area (Å²) in [5.74, 6) is -0.0563. The van der Waals surface area contributed by atoms with Gasteiger partial charge in [-0.25, -0.2) is 0 Å². The van der Waals surface area contributed by atoms with Crippen LogP contribution in [0, 0.1) is 0 Å². The van der Waals surface area contributed by atoms with Gasteiger partial charge >= 0.3 is 0 Å². The molecule has 474 valence electrons. The molecule has 0 saturated heterocycles. The molecule has 0 radical (unpaired) electrons. The Kier molecular flexibility index (Phi) is 70.2. The molecule has 81 heavy (non-hydrogen) atoms. The Labute approximate surface area is 508 Å². The molecule has 2 atom stereocenters. The van der Waals surface area contributed by atoms with Crippen LogP contribution in [0.1, 0.15) is 393 Å². The van der Waals surface area contributed by atoms with E-state index >= 15 is 0 Å². The van der Waals surface area contributed by atoms with Crippen LogP contribution in [0.5, 0.6) is 0 Å². The van der Waals surface area contributed by atoms with Gasteiger partial charge in [-0.3, -0.25) is 4.79 Å². The van der Waals surface area contributed by atoms with Crippen LogP contribution in [-0.4, -0.2) is 34.9 Å². The number of amides is 1. The average Bonchev–Trinajstić information content (AvgIpc) is 3.47. The third kappa shape index (κ3) is 68.5. The summed E-state index contributed by atoms with van der Waals surface area (Å²) in [6.45, 7) is 4.24. The number of hydrogen-bond acceptors (Lipinski definition) is 3. The van der Waals surface area contributed by atoms with E-state index in [9.17, 15) is 15.0 Å². The Balaban J connectivity index is 3.41. The zero-order valence-corrected chi connectivity index (χ0v) is 54.8. The van der Waals surface area contributed by atoms with Crippen LogP contribution in [0.3, 0.4) is 0 Å². The van der Waals surface area contributed by atoms with Gasteiger partial charge in [0.25, 0.3) is 0 Å². The van der Waals surface area contributed by atoms with Gasteiger partial charge in [-0.15, -0.1) is 0 Å². The van der Waals surface area contributed by atoms with Gasteiger partial charge in [0, 0.05) is 6.42 Å². The van der Waals surface area contributed by atoms with Crippen LogP contribution in [0.15, 0.2) is 72.9 Å². The summed E-state index contributed by atoms with van der Waals surface area (Å²) in [4.78, 5) is 12.6. The van der Waals surface area contributed by atoms with Gasteiger partial charge < -0.3 is 15.5 Å². The zero-order valence-electron chi connectivity index (χ0n) is 54.8. The smallest absolute Gasteiger partial charge is 0.220 e. The van der Waals surface area contributed by atoms with Crippen molar-refractivity contribution < 1.29 is 15.0 Å². The molecule has 0 aromatic rings. The zero-order chi connectivity index (χ0) is 58.4. The summed E-state index contributed by atoms with van der Waals surface area (Å²) in [5.41, 5.74) is 0. The van der Waals surface area contributed by atoms with Crippen molar-refractivity contribution in [1.82, 2.24) is 5.32 Å². The average molecular weight is 1130 g/mol. The topological polar surface area (TPSA) is 69.6 Å². The molecule has 0 rings (SSSR count). The molecule has 1 amide bonds. The van der Waals surface area contributed by atoms with E-state index in [1.165, 1.54) is 315 Å². The first-order valence-electron chi connectivity index (χ1n) is 36.7. The number of aliphatic hydroxyl groups excluding tert-OH is 2. The van der Waals surface area contributed by atoms with Crippen molar-refractivity contribution in [1.29, 1.82) is 0 Å². The Hall–Kier alpha value is -2.17. The van der Waals surface area contributed by atoms with Gasteiger partial charge in [-0.2, -0.15) is 0 Å². The lowest BCUT2D eigenvalue weighted by molar-refractivity contribution is -0.123. The minimum atomic E-state index is -0.841. The summed E-state index contributed by atoms with van der Waals surface area (Å²) in [6, 6.07) is -0.624. The third-order valence-electron chi connectivity index (χ3n) is 16.9. The second-order valence-electron chi connectivity index (χ2n) is 25.0. The fourth-order valence-electron chi connectivity index (χ4n) is 11.4. The van der Waals surface area contributed by atoms with E-state index in [4.69, 9.17) is 0 Å². The molecule has 0 bridgehead atoms. The molecule has 0 aromatic heterocycles. The summed E-state index contributed by atoms with van der Waals surface area (Å²) < 4.78 is 0. The maximum Gasteiger partial charge on any atom is 0.220 e. The van der Waals surface area contributed by atoms with E-state index in [0.717, 1.165) is 57.8 Å². The number of carbonyl (C=O) groups excluding carboxylic acids is 1. The molecule has 0 aliphatic carbocycles. The maximum atomic E-state index is 12.6. The minimum Gasteiger partial charge on any atom is -0.394 e. The van der Waals surface area contributed by atoms with Crippen molar-refractivity contribution in [3.8, 4) is 0 Å². The number of allylic oxidation sites excluding steroid dienone is 11. The Bertz CT molecular complexity index is 1380. The predicted octanol–water partition coefficient (Wildman–Crippen LogP) is 25.2. The molecular formula is C77H143NO3. The SMILES string of the molecule is CC/C=C\C/C=C\C/C=C\C/C=C\C/C=C\CCCCCCCCCCCCCCCCCCCCCCCCCCCC(=O)NC(CO)C(O)/C=C/CCCCCCCCCCCCCCCCCCCCCCCCCCCC. The maximum absolute atomic E-state index is 12.6. The number of aliphatic hydroxyl groups is 2. The number of unbranched alkanes of at least 4 members (excludes halogenated alkanes) is 51. The number of nitrogens with one attached hydrogen (secondary N) is 1. The molecule has 0 fully saturated rings. The highest BCUT2D eigenvalue weighted by molar-refractivity contribution is 5.76. The molecule has 4 heteroatoms. The van der Waals surface area contributed by atoms with Crippen LogP contribution in [0.4, 0.5) is 0 Å². The third-order valence-corrected chi connectivity index (χ3v) is 16.9. The second-order valence-corrected chi connectivity index (χ2v) is 25.0. The van der Waals surface area contributed by atoms with Crippen molar-refractivity contribution in [3.05, 3.63) is 72.9 Å². The van der Waals surface area contributed by atoms with Crippen LogP contribution in [0.25, 0.3) is 0 Å². The summed E-state index contributed by atoms with van der Waals surface area (Å²) >= 11 is 0. The van der Waals surface area contributed by atoms with E-state index in [1.807, 2.05) is 6.08 Å². The molecule has 0 saturated carbocycles. The molecule has 4 nitrogen and oxygen atoms in total. The van der Waals surface area contributed by atoms with Crippen molar-refractivity contribution in [2.75, 3.05) is 6.61 Å². The van der Waals surface area contributed by atoms with E-state index in [1.54, 1.807) is 6.08 Å². The van der Waals surface area contributed by atoms with E-state index < -0.39 is 12.1 Å². The molecule has 0 heterocycles. The quantitative estimate of drug-likeness (QED) is 0.0420. The van der Waals surface area contributed by atoms with Crippen molar-refractivity contribution in [2.24, 2.45) is 0 Å². The van der Waals surface area contributed by atoms with Crippen LogP contribution in [-0.2, 0) is 4.79 Å². The van der Waals surface area contributed by atoms with Crippen LogP contribution >= 0.6 is 0 Å². The summed E-state index contributed by atoms with van der Waals surface area (Å²) in [7, 11) is 0. The Morgan fingerprint density at radius 3 is 0.815 bits per heavy atom. The summed E-state index contributed by atoms with van der Waals surface area (Å²) in [5, 5.41) is 23.3. The number of rotatable bonds is 68. The molecule has 2 unspecified atom stereocenters. The lowest BCUT2D eigenvalue weighted by Gasteiger charge is -2.20. The van der Waals surface area contributed by atoms with E-state index in [0.29, 0.717) is 6.42 Å². The van der Waals surface area contributed by atoms with Crippen LogP contribution in [0.2, 0.25) is 0 Å². The minimum absolute atomic E-state index is 0.0563. The largest absolute Gasteiger partial charge is 0.394 e. The van der Waals surface area contributed by atoms with Gasteiger partial charge in [0.15, 0.2) is 0 Å². The Morgan fingerprint density at radius 2 is 0.543 bits per heavy atom. The highest BCUT2D eigenvalue weighted by atomic mass is 16.3. The van der Waals surface area contributed by atoms with Crippen molar-refractivity contribution in [2.45, 2.75) is 405 Å². The molecule has 0 aromatic carbocycles. The lowest BCUT2D eigenvalue weighted by Crippen LogP contribution is -2.45. The van der Waals surface area contributed by atoms with Gasteiger partial charge in [0.2, 0.25) is 5.91 Å². The monoisotopic (exact) mass is 1130 g/mol. The van der Waals surface area contributed by atoms with E-state index in [2.05, 4.69) is 79.9 Å².